The zero-order chi connectivity index (χ0) is 23.7. The summed E-state index contributed by atoms with van der Waals surface area (Å²) in [6.45, 7) is 4.94. The van der Waals surface area contributed by atoms with Crippen LogP contribution in [0.2, 0.25) is 0 Å². The van der Waals surface area contributed by atoms with Crippen LogP contribution in [-0.4, -0.2) is 37.8 Å². The molecule has 0 N–H and O–H groups in total. The molecule has 8 heteroatoms. The number of rotatable bonds is 8. The number of benzene rings is 2. The van der Waals surface area contributed by atoms with Crippen LogP contribution in [0.1, 0.15) is 44.0 Å². The van der Waals surface area contributed by atoms with Crippen LogP contribution in [0, 0.1) is 11.8 Å². The smallest absolute Gasteiger partial charge is 0.325 e. The van der Waals surface area contributed by atoms with Crippen molar-refractivity contribution in [3.8, 4) is 0 Å². The summed E-state index contributed by atoms with van der Waals surface area (Å²) in [5.74, 6) is -4.35. The van der Waals surface area contributed by atoms with Gasteiger partial charge < -0.3 is 4.74 Å². The van der Waals surface area contributed by atoms with Crippen molar-refractivity contribution in [2.45, 2.75) is 53.9 Å². The largest absolute Gasteiger partial charge is 0.459 e. The molecule has 1 saturated carbocycles. The van der Waals surface area contributed by atoms with E-state index in [2.05, 4.69) is 0 Å². The second kappa shape index (κ2) is 9.19. The van der Waals surface area contributed by atoms with Crippen molar-refractivity contribution in [3.63, 3.8) is 0 Å². The lowest BCUT2D eigenvalue weighted by Gasteiger charge is -2.23. The van der Waals surface area contributed by atoms with Crippen molar-refractivity contribution in [2.75, 3.05) is 6.26 Å². The van der Waals surface area contributed by atoms with E-state index in [1.165, 1.54) is 17.8 Å². The van der Waals surface area contributed by atoms with Gasteiger partial charge in [0.25, 0.3) is 0 Å². The molecular formula is C24H26O6S2. The molecular weight excluding hydrogens is 448 g/mol. The van der Waals surface area contributed by atoms with Crippen LogP contribution in [0.4, 0.5) is 0 Å². The third-order valence-electron chi connectivity index (χ3n) is 4.76. The van der Waals surface area contributed by atoms with Crippen LogP contribution < -0.4 is 0 Å². The van der Waals surface area contributed by atoms with E-state index in [0.717, 1.165) is 11.2 Å². The van der Waals surface area contributed by atoms with Crippen molar-refractivity contribution < 1.29 is 27.5 Å². The highest BCUT2D eigenvalue weighted by molar-refractivity contribution is 8.00. The molecule has 2 aromatic rings. The Morgan fingerprint density at radius 3 is 2.16 bits per heavy atom. The molecule has 1 atom stereocenters. The SMILES string of the molecule is CC(C)(C)OC(=O)C(C(=O)c1cccc(Sc2ccccc2)c1S(C)(=O)=O)C(=O)C1CC1. The Morgan fingerprint density at radius 1 is 1.00 bits per heavy atom. The van der Waals surface area contributed by atoms with E-state index < -0.39 is 38.9 Å². The molecule has 0 heterocycles. The number of hydrogen-bond donors (Lipinski definition) is 0. The molecule has 6 nitrogen and oxygen atoms in total. The topological polar surface area (TPSA) is 94.6 Å². The molecule has 0 radical (unpaired) electrons. The van der Waals surface area contributed by atoms with Gasteiger partial charge in [0.1, 0.15) is 5.60 Å². The van der Waals surface area contributed by atoms with Gasteiger partial charge in [-0.25, -0.2) is 8.42 Å². The zero-order valence-corrected chi connectivity index (χ0v) is 20.1. The summed E-state index contributed by atoms with van der Waals surface area (Å²) in [7, 11) is -3.86. The Morgan fingerprint density at radius 2 is 1.62 bits per heavy atom. The monoisotopic (exact) mass is 474 g/mol. The van der Waals surface area contributed by atoms with Gasteiger partial charge >= 0.3 is 5.97 Å². The Hall–Kier alpha value is -2.45. The van der Waals surface area contributed by atoms with Gasteiger partial charge in [0.2, 0.25) is 0 Å². The molecule has 0 bridgehead atoms. The summed E-state index contributed by atoms with van der Waals surface area (Å²) < 4.78 is 30.8. The summed E-state index contributed by atoms with van der Waals surface area (Å²) in [5, 5.41) is 0. The number of hydrogen-bond acceptors (Lipinski definition) is 7. The molecule has 0 saturated heterocycles. The van der Waals surface area contributed by atoms with Crippen LogP contribution in [0.15, 0.2) is 63.2 Å². The lowest BCUT2D eigenvalue weighted by atomic mass is 9.91. The number of Topliss-reactive ketones (excluding diaryl/α,β-unsaturated/α-hetero) is 2. The highest BCUT2D eigenvalue weighted by Crippen LogP contribution is 2.38. The zero-order valence-electron chi connectivity index (χ0n) is 18.5. The van der Waals surface area contributed by atoms with E-state index >= 15 is 0 Å². The lowest BCUT2D eigenvalue weighted by Crippen LogP contribution is -2.38. The predicted octanol–water partition coefficient (Wildman–Crippen LogP) is 4.36. The van der Waals surface area contributed by atoms with Gasteiger partial charge in [-0.15, -0.1) is 0 Å². The number of ketones is 2. The minimum Gasteiger partial charge on any atom is -0.459 e. The molecule has 3 rings (SSSR count). The van der Waals surface area contributed by atoms with E-state index in [0.29, 0.717) is 17.7 Å². The van der Waals surface area contributed by atoms with E-state index in [-0.39, 0.29) is 16.4 Å². The average molecular weight is 475 g/mol. The maximum Gasteiger partial charge on any atom is 0.325 e. The molecule has 170 valence electrons. The van der Waals surface area contributed by atoms with E-state index in [1.54, 1.807) is 32.9 Å². The number of ether oxygens (including phenoxy) is 1. The van der Waals surface area contributed by atoms with Gasteiger partial charge in [0, 0.05) is 27.5 Å². The lowest BCUT2D eigenvalue weighted by molar-refractivity contribution is -0.160. The minimum absolute atomic E-state index is 0.168. The van der Waals surface area contributed by atoms with E-state index in [4.69, 9.17) is 4.74 Å². The van der Waals surface area contributed by atoms with Gasteiger partial charge in [0.05, 0.1) is 4.90 Å². The van der Waals surface area contributed by atoms with Crippen LogP contribution in [0.5, 0.6) is 0 Å². The maximum atomic E-state index is 13.5. The van der Waals surface area contributed by atoms with Crippen molar-refractivity contribution in [2.24, 2.45) is 11.8 Å². The number of esters is 1. The second-order valence-electron chi connectivity index (χ2n) is 8.83. The number of sulfone groups is 1. The fourth-order valence-corrected chi connectivity index (χ4v) is 5.74. The third-order valence-corrected chi connectivity index (χ3v) is 7.13. The highest BCUT2D eigenvalue weighted by Gasteiger charge is 2.45. The molecule has 0 amide bonds. The molecule has 0 aliphatic heterocycles. The number of carbonyl (C=O) groups is 3. The fraction of sp³-hybridized carbons (Fsp3) is 0.375. The van der Waals surface area contributed by atoms with Crippen molar-refractivity contribution in [3.05, 3.63) is 54.1 Å². The van der Waals surface area contributed by atoms with Gasteiger partial charge in [-0.2, -0.15) is 0 Å². The molecule has 2 aromatic carbocycles. The van der Waals surface area contributed by atoms with E-state index in [9.17, 15) is 22.8 Å². The second-order valence-corrected chi connectivity index (χ2v) is 11.9. The van der Waals surface area contributed by atoms with Crippen LogP contribution in [-0.2, 0) is 24.2 Å². The standard InChI is InChI=1S/C24H26O6S2/c1-24(2,3)30-23(27)19(20(25)15-13-14-15)21(26)17-11-8-12-18(22(17)32(4,28)29)31-16-9-6-5-7-10-16/h5-12,15,19H,13-14H2,1-4H3. The van der Waals surface area contributed by atoms with Crippen LogP contribution in [0.25, 0.3) is 0 Å². The molecule has 32 heavy (non-hydrogen) atoms. The Bertz CT molecular complexity index is 1140. The Balaban J connectivity index is 2.09. The molecule has 1 unspecified atom stereocenters. The first-order chi connectivity index (χ1) is 14.9. The summed E-state index contributed by atoms with van der Waals surface area (Å²) in [6.07, 6.45) is 2.22. The molecule has 1 fully saturated rings. The van der Waals surface area contributed by atoms with Crippen molar-refractivity contribution >= 4 is 39.1 Å². The summed E-state index contributed by atoms with van der Waals surface area (Å²) in [5.41, 5.74) is -1.07. The van der Waals surface area contributed by atoms with Gasteiger partial charge in [-0.05, 0) is 57.9 Å². The van der Waals surface area contributed by atoms with Crippen LogP contribution in [0.3, 0.4) is 0 Å². The predicted molar refractivity (Wildman–Crippen MR) is 122 cm³/mol. The third kappa shape index (κ3) is 5.86. The normalized spacial score (nSPS) is 15.1. The Labute approximate surface area is 192 Å². The Kier molecular flexibility index (Phi) is 6.95. The number of carbonyl (C=O) groups excluding carboxylic acids is 3. The van der Waals surface area contributed by atoms with Crippen molar-refractivity contribution in [1.29, 1.82) is 0 Å². The summed E-state index contributed by atoms with van der Waals surface area (Å²) in [6, 6.07) is 13.7. The summed E-state index contributed by atoms with van der Waals surface area (Å²) in [4.78, 5) is 40.3. The fourth-order valence-electron chi connectivity index (χ4n) is 3.26. The molecule has 0 spiro atoms. The average Bonchev–Trinajstić information content (AvgIpc) is 3.51. The van der Waals surface area contributed by atoms with Crippen LogP contribution >= 0.6 is 11.8 Å². The highest BCUT2D eigenvalue weighted by atomic mass is 32.2. The van der Waals surface area contributed by atoms with Crippen molar-refractivity contribution in [1.82, 2.24) is 0 Å². The van der Waals surface area contributed by atoms with Gasteiger partial charge in [-0.3, -0.25) is 14.4 Å². The summed E-state index contributed by atoms with van der Waals surface area (Å²) >= 11 is 1.20. The van der Waals surface area contributed by atoms with E-state index in [1.807, 2.05) is 30.3 Å². The first-order valence-corrected chi connectivity index (χ1v) is 13.0. The maximum absolute atomic E-state index is 13.5. The first kappa shape index (κ1) is 24.2. The molecule has 1 aliphatic carbocycles. The molecule has 0 aromatic heterocycles. The van der Waals surface area contributed by atoms with Gasteiger partial charge in [-0.1, -0.05) is 36.0 Å². The first-order valence-electron chi connectivity index (χ1n) is 10.3. The molecule has 1 aliphatic rings. The van der Waals surface area contributed by atoms with Gasteiger partial charge in [0.15, 0.2) is 27.3 Å². The minimum atomic E-state index is -3.86. The quantitative estimate of drug-likeness (QED) is 0.319.